The maximum absolute atomic E-state index is 12.2. The van der Waals surface area contributed by atoms with Crippen LogP contribution in [0.15, 0.2) is 61.2 Å². The average Bonchev–Trinajstić information content (AvgIpc) is 2.55. The van der Waals surface area contributed by atoms with Gasteiger partial charge in [0.1, 0.15) is 0 Å². The third-order valence-electron chi connectivity index (χ3n) is 3.20. The van der Waals surface area contributed by atoms with Crippen molar-refractivity contribution in [1.29, 1.82) is 0 Å². The second-order valence-electron chi connectivity index (χ2n) is 4.97. The first-order chi connectivity index (χ1) is 11.1. The highest BCUT2D eigenvalue weighted by molar-refractivity contribution is 7.80. The van der Waals surface area contributed by atoms with Crippen LogP contribution < -0.4 is 16.0 Å². The molecule has 0 heterocycles. The van der Waals surface area contributed by atoms with Crippen LogP contribution >= 0.6 is 12.2 Å². The molecule has 0 atom stereocenters. The van der Waals surface area contributed by atoms with E-state index in [1.807, 2.05) is 55.5 Å². The fourth-order valence-electron chi connectivity index (χ4n) is 2.00. The predicted octanol–water partition coefficient (Wildman–Crippen LogP) is 3.72. The number of amides is 1. The van der Waals surface area contributed by atoms with Crippen molar-refractivity contribution >= 4 is 34.6 Å². The zero-order chi connectivity index (χ0) is 16.7. The Balaban J connectivity index is 1.97. The normalized spacial score (nSPS) is 9.78. The van der Waals surface area contributed by atoms with Crippen molar-refractivity contribution in [1.82, 2.24) is 5.32 Å². The number of benzene rings is 2. The molecule has 23 heavy (non-hydrogen) atoms. The molecule has 0 radical (unpaired) electrons. The first-order valence-electron chi connectivity index (χ1n) is 7.23. The molecule has 0 bridgehead atoms. The Morgan fingerprint density at radius 3 is 2.30 bits per heavy atom. The van der Waals surface area contributed by atoms with Crippen molar-refractivity contribution in [3.05, 3.63) is 72.3 Å². The maximum Gasteiger partial charge on any atom is 0.255 e. The molecule has 2 aromatic carbocycles. The monoisotopic (exact) mass is 325 g/mol. The number of carbonyl (C=O) groups is 1. The second kappa shape index (κ2) is 8.10. The van der Waals surface area contributed by atoms with Gasteiger partial charge in [-0.2, -0.15) is 0 Å². The summed E-state index contributed by atoms with van der Waals surface area (Å²) in [5.41, 5.74) is 3.20. The van der Waals surface area contributed by atoms with E-state index in [0.29, 0.717) is 17.2 Å². The third-order valence-corrected chi connectivity index (χ3v) is 3.44. The molecule has 2 rings (SSSR count). The third kappa shape index (κ3) is 4.93. The number of nitrogens with one attached hydrogen (secondary N) is 3. The van der Waals surface area contributed by atoms with Gasteiger partial charge in [-0.25, -0.2) is 0 Å². The number of carbonyl (C=O) groups excluding carboxylic acids is 1. The molecule has 0 aromatic heterocycles. The summed E-state index contributed by atoms with van der Waals surface area (Å²) >= 11 is 5.14. The highest BCUT2D eigenvalue weighted by Crippen LogP contribution is 2.15. The van der Waals surface area contributed by atoms with Crippen LogP contribution in [0.1, 0.15) is 15.9 Å². The SMILES string of the molecule is C=CCNC(=S)Nc1ccc(NC(=O)c2ccccc2C)cc1. The molecule has 118 valence electrons. The van der Waals surface area contributed by atoms with Crippen LogP contribution in [0.3, 0.4) is 0 Å². The predicted molar refractivity (Wildman–Crippen MR) is 100.0 cm³/mol. The van der Waals surface area contributed by atoms with E-state index in [-0.39, 0.29) is 5.91 Å². The molecule has 0 aliphatic rings. The molecule has 0 aliphatic heterocycles. The molecule has 0 saturated heterocycles. The molecule has 0 fully saturated rings. The topological polar surface area (TPSA) is 53.2 Å². The lowest BCUT2D eigenvalue weighted by Crippen LogP contribution is -2.28. The summed E-state index contributed by atoms with van der Waals surface area (Å²) in [6.07, 6.45) is 1.73. The largest absolute Gasteiger partial charge is 0.359 e. The molecule has 1 amide bonds. The average molecular weight is 325 g/mol. The summed E-state index contributed by atoms with van der Waals surface area (Å²) < 4.78 is 0. The quantitative estimate of drug-likeness (QED) is 0.579. The van der Waals surface area contributed by atoms with Gasteiger partial charge in [0, 0.05) is 23.5 Å². The molecule has 5 heteroatoms. The Morgan fingerprint density at radius 1 is 1.09 bits per heavy atom. The van der Waals surface area contributed by atoms with Crippen LogP contribution in [0.2, 0.25) is 0 Å². The number of hydrogen-bond donors (Lipinski definition) is 3. The van der Waals surface area contributed by atoms with Gasteiger partial charge in [0.25, 0.3) is 5.91 Å². The van der Waals surface area contributed by atoms with E-state index < -0.39 is 0 Å². The molecular formula is C18H19N3OS. The Bertz CT molecular complexity index is 710. The van der Waals surface area contributed by atoms with E-state index >= 15 is 0 Å². The van der Waals surface area contributed by atoms with Crippen molar-refractivity contribution in [3.8, 4) is 0 Å². The van der Waals surface area contributed by atoms with E-state index in [4.69, 9.17) is 12.2 Å². The van der Waals surface area contributed by atoms with Gasteiger partial charge in [-0.05, 0) is 55.0 Å². The van der Waals surface area contributed by atoms with E-state index in [2.05, 4.69) is 22.5 Å². The molecular weight excluding hydrogens is 306 g/mol. The van der Waals surface area contributed by atoms with Gasteiger partial charge in [0.15, 0.2) is 5.11 Å². The molecule has 3 N–H and O–H groups in total. The van der Waals surface area contributed by atoms with Crippen molar-refractivity contribution in [3.63, 3.8) is 0 Å². The summed E-state index contributed by atoms with van der Waals surface area (Å²) in [6.45, 7) is 6.14. The van der Waals surface area contributed by atoms with Crippen LogP contribution in [0.4, 0.5) is 11.4 Å². The van der Waals surface area contributed by atoms with Crippen LogP contribution in [0.25, 0.3) is 0 Å². The maximum atomic E-state index is 12.2. The minimum atomic E-state index is -0.119. The highest BCUT2D eigenvalue weighted by atomic mass is 32.1. The summed E-state index contributed by atoms with van der Waals surface area (Å²) in [5.74, 6) is -0.119. The van der Waals surface area contributed by atoms with Gasteiger partial charge in [-0.1, -0.05) is 24.3 Å². The lowest BCUT2D eigenvalue weighted by molar-refractivity contribution is 0.102. The van der Waals surface area contributed by atoms with Gasteiger partial charge >= 0.3 is 0 Å². The zero-order valence-corrected chi connectivity index (χ0v) is 13.7. The first-order valence-corrected chi connectivity index (χ1v) is 7.64. The number of rotatable bonds is 5. The molecule has 2 aromatic rings. The summed E-state index contributed by atoms with van der Waals surface area (Å²) in [5, 5.41) is 9.46. The van der Waals surface area contributed by atoms with Crippen molar-refractivity contribution in [2.75, 3.05) is 17.2 Å². The Labute approximate surface area is 141 Å². The van der Waals surface area contributed by atoms with Crippen LogP contribution in [0.5, 0.6) is 0 Å². The molecule has 4 nitrogen and oxygen atoms in total. The molecule has 0 aliphatic carbocycles. The van der Waals surface area contributed by atoms with Gasteiger partial charge in [-0.15, -0.1) is 6.58 Å². The van der Waals surface area contributed by atoms with Gasteiger partial charge in [-0.3, -0.25) is 4.79 Å². The smallest absolute Gasteiger partial charge is 0.255 e. The number of hydrogen-bond acceptors (Lipinski definition) is 2. The van der Waals surface area contributed by atoms with Crippen LogP contribution in [0, 0.1) is 6.92 Å². The lowest BCUT2D eigenvalue weighted by Gasteiger charge is -2.11. The summed E-state index contributed by atoms with van der Waals surface area (Å²) in [7, 11) is 0. The minimum Gasteiger partial charge on any atom is -0.359 e. The van der Waals surface area contributed by atoms with E-state index in [1.54, 1.807) is 6.08 Å². The Kier molecular flexibility index (Phi) is 5.88. The standard InChI is InChI=1S/C18H19N3OS/c1-3-12-19-18(23)21-15-10-8-14(9-11-15)20-17(22)16-7-5-4-6-13(16)2/h3-11H,1,12H2,2H3,(H,20,22)(H2,19,21,23). The Hall–Kier alpha value is -2.66. The highest BCUT2D eigenvalue weighted by Gasteiger charge is 2.08. The van der Waals surface area contributed by atoms with Crippen molar-refractivity contribution < 1.29 is 4.79 Å². The molecule has 0 unspecified atom stereocenters. The van der Waals surface area contributed by atoms with E-state index in [9.17, 15) is 4.79 Å². The summed E-state index contributed by atoms with van der Waals surface area (Å²) in [6, 6.07) is 14.9. The van der Waals surface area contributed by atoms with E-state index in [1.165, 1.54) is 0 Å². The zero-order valence-electron chi connectivity index (χ0n) is 12.9. The summed E-state index contributed by atoms with van der Waals surface area (Å²) in [4.78, 5) is 12.2. The lowest BCUT2D eigenvalue weighted by atomic mass is 10.1. The number of thiocarbonyl (C=S) groups is 1. The van der Waals surface area contributed by atoms with Crippen LogP contribution in [-0.4, -0.2) is 17.6 Å². The van der Waals surface area contributed by atoms with Gasteiger partial charge < -0.3 is 16.0 Å². The van der Waals surface area contributed by atoms with Gasteiger partial charge in [0.2, 0.25) is 0 Å². The molecule has 0 spiro atoms. The van der Waals surface area contributed by atoms with Crippen molar-refractivity contribution in [2.45, 2.75) is 6.92 Å². The second-order valence-corrected chi connectivity index (χ2v) is 5.38. The van der Waals surface area contributed by atoms with Gasteiger partial charge in [0.05, 0.1) is 0 Å². The fourth-order valence-corrected chi connectivity index (χ4v) is 2.20. The fraction of sp³-hybridized carbons (Fsp3) is 0.111. The Morgan fingerprint density at radius 2 is 1.70 bits per heavy atom. The minimum absolute atomic E-state index is 0.119. The first kappa shape index (κ1) is 16.7. The van der Waals surface area contributed by atoms with Crippen molar-refractivity contribution in [2.24, 2.45) is 0 Å². The molecule has 0 saturated carbocycles. The number of aryl methyl sites for hydroxylation is 1. The van der Waals surface area contributed by atoms with E-state index in [0.717, 1.165) is 16.9 Å². The van der Waals surface area contributed by atoms with Crippen LogP contribution in [-0.2, 0) is 0 Å². The number of anilines is 2.